The first kappa shape index (κ1) is 23.1. The van der Waals surface area contributed by atoms with Crippen LogP contribution in [-0.2, 0) is 9.47 Å². The molecule has 1 amide bonds. The lowest BCUT2D eigenvalue weighted by atomic mass is 9.80. The Morgan fingerprint density at radius 2 is 1.90 bits per heavy atom. The van der Waals surface area contributed by atoms with Gasteiger partial charge < -0.3 is 55.0 Å². The van der Waals surface area contributed by atoms with Crippen LogP contribution in [0.3, 0.4) is 0 Å². The van der Waals surface area contributed by atoms with Gasteiger partial charge in [0.25, 0.3) is 5.91 Å². The smallest absolute Gasteiger partial charge is 0.287 e. The van der Waals surface area contributed by atoms with Gasteiger partial charge in [-0.3, -0.25) is 4.79 Å². The molecule has 1 saturated heterocycles. The van der Waals surface area contributed by atoms with Crippen LogP contribution in [-0.4, -0.2) is 109 Å². The highest BCUT2D eigenvalue weighted by Gasteiger charge is 2.50. The van der Waals surface area contributed by atoms with Gasteiger partial charge in [-0.2, -0.15) is 0 Å². The molecule has 0 spiro atoms. The fraction of sp³-hybridized carbons (Fsp3) is 0.722. The van der Waals surface area contributed by atoms with Gasteiger partial charge in [0.1, 0.15) is 30.5 Å². The first-order chi connectivity index (χ1) is 14.2. The molecule has 3 rings (SSSR count). The Balaban J connectivity index is 1.81. The van der Waals surface area contributed by atoms with E-state index in [9.17, 15) is 40.5 Å². The van der Waals surface area contributed by atoms with Gasteiger partial charge in [0.05, 0.1) is 37.3 Å². The number of aliphatic hydroxyl groups excluding tert-OH is 6. The zero-order chi connectivity index (χ0) is 22.1. The van der Waals surface area contributed by atoms with Crippen molar-refractivity contribution in [1.29, 1.82) is 0 Å². The summed E-state index contributed by atoms with van der Waals surface area (Å²) < 4.78 is 16.1. The Labute approximate surface area is 171 Å². The van der Waals surface area contributed by atoms with Crippen LogP contribution in [0.1, 0.15) is 23.4 Å². The van der Waals surface area contributed by atoms with Crippen LogP contribution in [0.25, 0.3) is 0 Å². The summed E-state index contributed by atoms with van der Waals surface area (Å²) in [6.45, 7) is -1.37. The molecule has 12 nitrogen and oxygen atoms in total. The molecule has 0 bridgehead atoms. The lowest BCUT2D eigenvalue weighted by molar-refractivity contribution is -0.302. The van der Waals surface area contributed by atoms with Gasteiger partial charge in [-0.25, -0.2) is 0 Å². The molecular formula is C18H27NO11. The van der Waals surface area contributed by atoms with Gasteiger partial charge in [0.15, 0.2) is 12.1 Å². The number of furan rings is 1. The standard InChI is InChI=1S/C18H27NO11/c20-6-11-14(24)15(25)12(19-16(26)9-2-1-3-28-9)17(30-11)29-10-5-18(27,7-21)4-8(22)13(10)23/h1-3,8,10-15,17,20-25,27H,4-7H2,(H,19,26)/t8-,10-,11-,12-,13-,14-,15-,17+,18+/m1/s1. The van der Waals surface area contributed by atoms with Crippen molar-refractivity contribution >= 4 is 5.91 Å². The number of carbonyl (C=O) groups is 1. The number of carbonyl (C=O) groups excluding carboxylic acids is 1. The molecular weight excluding hydrogens is 406 g/mol. The van der Waals surface area contributed by atoms with Crippen molar-refractivity contribution in [2.45, 2.75) is 67.4 Å². The number of hydrogen-bond acceptors (Lipinski definition) is 11. The number of aliphatic hydroxyl groups is 7. The van der Waals surface area contributed by atoms with E-state index in [2.05, 4.69) is 5.32 Å². The molecule has 1 aliphatic carbocycles. The van der Waals surface area contributed by atoms with E-state index in [1.165, 1.54) is 18.4 Å². The van der Waals surface area contributed by atoms with E-state index in [0.29, 0.717) is 0 Å². The maximum absolute atomic E-state index is 12.4. The van der Waals surface area contributed by atoms with Crippen LogP contribution in [0, 0.1) is 0 Å². The Bertz CT molecular complexity index is 700. The molecule has 1 aromatic heterocycles. The summed E-state index contributed by atoms with van der Waals surface area (Å²) in [4.78, 5) is 12.4. The second kappa shape index (κ2) is 9.26. The minimum absolute atomic E-state index is 0.0810. The minimum atomic E-state index is -1.72. The van der Waals surface area contributed by atoms with Crippen molar-refractivity contribution < 1.29 is 54.4 Å². The van der Waals surface area contributed by atoms with Crippen LogP contribution >= 0.6 is 0 Å². The summed E-state index contributed by atoms with van der Waals surface area (Å²) in [6, 6.07) is 1.49. The Morgan fingerprint density at radius 1 is 1.17 bits per heavy atom. The van der Waals surface area contributed by atoms with Crippen molar-refractivity contribution in [3.63, 3.8) is 0 Å². The predicted molar refractivity (Wildman–Crippen MR) is 95.9 cm³/mol. The maximum atomic E-state index is 12.4. The number of nitrogens with one attached hydrogen (secondary N) is 1. The van der Waals surface area contributed by atoms with E-state index in [0.717, 1.165) is 0 Å². The second-order valence-corrected chi connectivity index (χ2v) is 7.71. The van der Waals surface area contributed by atoms with Crippen LogP contribution in [0.2, 0.25) is 0 Å². The Morgan fingerprint density at radius 3 is 2.50 bits per heavy atom. The summed E-state index contributed by atoms with van der Waals surface area (Å²) in [5.74, 6) is -0.825. The van der Waals surface area contributed by atoms with Gasteiger partial charge in [-0.15, -0.1) is 0 Å². The molecule has 9 atom stereocenters. The highest BCUT2D eigenvalue weighted by molar-refractivity contribution is 5.91. The van der Waals surface area contributed by atoms with Crippen molar-refractivity contribution in [2.75, 3.05) is 13.2 Å². The summed E-state index contributed by atoms with van der Waals surface area (Å²) in [5.41, 5.74) is -1.72. The quantitative estimate of drug-likeness (QED) is 0.221. The average molecular weight is 433 g/mol. The summed E-state index contributed by atoms with van der Waals surface area (Å²) in [5, 5.41) is 72.5. The van der Waals surface area contributed by atoms with E-state index in [-0.39, 0.29) is 18.6 Å². The predicted octanol–water partition coefficient (Wildman–Crippen LogP) is -3.56. The third kappa shape index (κ3) is 4.66. The van der Waals surface area contributed by atoms with Gasteiger partial charge in [0, 0.05) is 12.8 Å². The van der Waals surface area contributed by atoms with Crippen LogP contribution in [0.15, 0.2) is 22.8 Å². The van der Waals surface area contributed by atoms with E-state index >= 15 is 0 Å². The summed E-state index contributed by atoms with van der Waals surface area (Å²) in [6.07, 6.45) is -9.34. The first-order valence-corrected chi connectivity index (χ1v) is 9.51. The number of amides is 1. The molecule has 8 N–H and O–H groups in total. The molecule has 1 aliphatic heterocycles. The first-order valence-electron chi connectivity index (χ1n) is 9.51. The highest BCUT2D eigenvalue weighted by Crippen LogP contribution is 2.33. The number of ether oxygens (including phenoxy) is 2. The molecule has 1 aromatic rings. The van der Waals surface area contributed by atoms with Crippen molar-refractivity contribution in [1.82, 2.24) is 5.32 Å². The summed E-state index contributed by atoms with van der Waals surface area (Å²) in [7, 11) is 0. The normalized spacial score (nSPS) is 42.1. The molecule has 1 saturated carbocycles. The molecule has 0 unspecified atom stereocenters. The Kier molecular flexibility index (Phi) is 7.12. The Hall–Kier alpha value is -1.61. The van der Waals surface area contributed by atoms with Crippen molar-refractivity contribution in [3.05, 3.63) is 24.2 Å². The van der Waals surface area contributed by atoms with Crippen LogP contribution in [0.5, 0.6) is 0 Å². The molecule has 2 aliphatic rings. The third-order valence-electron chi connectivity index (χ3n) is 5.47. The molecule has 0 aromatic carbocycles. The third-order valence-corrected chi connectivity index (χ3v) is 5.47. The fourth-order valence-corrected chi connectivity index (χ4v) is 3.75. The maximum Gasteiger partial charge on any atom is 0.287 e. The topological polar surface area (TPSA) is 202 Å². The zero-order valence-corrected chi connectivity index (χ0v) is 15.9. The largest absolute Gasteiger partial charge is 0.459 e. The van der Waals surface area contributed by atoms with E-state index in [1.807, 2.05) is 0 Å². The van der Waals surface area contributed by atoms with Gasteiger partial charge in [-0.05, 0) is 12.1 Å². The van der Waals surface area contributed by atoms with Gasteiger partial charge >= 0.3 is 0 Å². The fourth-order valence-electron chi connectivity index (χ4n) is 3.75. The average Bonchev–Trinajstić information content (AvgIpc) is 3.26. The molecule has 12 heteroatoms. The van der Waals surface area contributed by atoms with Gasteiger partial charge in [0.2, 0.25) is 0 Å². The molecule has 170 valence electrons. The van der Waals surface area contributed by atoms with Crippen molar-refractivity contribution in [2.24, 2.45) is 0 Å². The van der Waals surface area contributed by atoms with Crippen LogP contribution in [0.4, 0.5) is 0 Å². The summed E-state index contributed by atoms with van der Waals surface area (Å²) >= 11 is 0. The van der Waals surface area contributed by atoms with Crippen molar-refractivity contribution in [3.8, 4) is 0 Å². The van der Waals surface area contributed by atoms with Gasteiger partial charge in [-0.1, -0.05) is 0 Å². The minimum Gasteiger partial charge on any atom is -0.459 e. The number of hydrogen-bond donors (Lipinski definition) is 8. The molecule has 0 radical (unpaired) electrons. The zero-order valence-electron chi connectivity index (χ0n) is 15.9. The molecule has 30 heavy (non-hydrogen) atoms. The van der Waals surface area contributed by atoms with E-state index in [1.54, 1.807) is 0 Å². The van der Waals surface area contributed by atoms with Crippen LogP contribution < -0.4 is 5.32 Å². The molecule has 2 heterocycles. The molecule has 2 fully saturated rings. The van der Waals surface area contributed by atoms with E-state index < -0.39 is 73.7 Å². The lowest BCUT2D eigenvalue weighted by Crippen LogP contribution is -2.66. The highest BCUT2D eigenvalue weighted by atomic mass is 16.7. The second-order valence-electron chi connectivity index (χ2n) is 7.71. The van der Waals surface area contributed by atoms with E-state index in [4.69, 9.17) is 13.9 Å². The number of rotatable bonds is 6. The SMILES string of the molecule is O=C(N[C@H]1[C@@H](O[C@@H]2C[C@](O)(CO)C[C@@H](O)[C@H]2O)O[C@H](CO)[C@@H](O)[C@@H]1O)c1ccco1. The monoisotopic (exact) mass is 433 g/mol. The lowest BCUT2D eigenvalue weighted by Gasteiger charge is -2.46.